The maximum absolute atomic E-state index is 12.2. The molecular weight excluding hydrogens is 264 g/mol. The van der Waals surface area contributed by atoms with Crippen molar-refractivity contribution in [1.82, 2.24) is 15.5 Å². The highest BCUT2D eigenvalue weighted by Crippen LogP contribution is 2.17. The Balaban J connectivity index is 1.83. The van der Waals surface area contributed by atoms with Crippen molar-refractivity contribution in [1.29, 1.82) is 0 Å². The number of nitrogens with zero attached hydrogens (tertiary/aromatic N) is 1. The lowest BCUT2D eigenvalue weighted by molar-refractivity contribution is -0.126. The number of hydrogen-bond donors (Lipinski definition) is 3. The van der Waals surface area contributed by atoms with E-state index in [4.69, 9.17) is 5.73 Å². The predicted molar refractivity (Wildman–Crippen MR) is 82.6 cm³/mol. The summed E-state index contributed by atoms with van der Waals surface area (Å²) in [5, 5.41) is 9.80. The normalized spacial score (nSPS) is 13.7. The van der Waals surface area contributed by atoms with E-state index in [0.29, 0.717) is 6.54 Å². The molecule has 112 valence electrons. The first-order chi connectivity index (χ1) is 10.0. The number of nitrogens with two attached hydrogens (primary N) is 1. The molecule has 1 unspecified atom stereocenters. The summed E-state index contributed by atoms with van der Waals surface area (Å²) in [7, 11) is 0. The molecule has 1 aromatic carbocycles. The Morgan fingerprint density at radius 2 is 2.10 bits per heavy atom. The lowest BCUT2D eigenvalue weighted by Crippen LogP contribution is -2.49. The van der Waals surface area contributed by atoms with Crippen molar-refractivity contribution < 1.29 is 4.79 Å². The fourth-order valence-corrected chi connectivity index (χ4v) is 2.21. The fraction of sp³-hybridized carbons (Fsp3) is 0.375. The molecule has 1 atom stereocenters. The Morgan fingerprint density at radius 1 is 1.38 bits per heavy atom. The summed E-state index contributed by atoms with van der Waals surface area (Å²) < 4.78 is 0. The zero-order valence-electron chi connectivity index (χ0n) is 12.5. The zero-order valence-corrected chi connectivity index (χ0v) is 12.5. The Hall–Kier alpha value is -2.14. The molecule has 1 heterocycles. The number of carbonyl (C=O) groups excluding carboxylic acids is 1. The van der Waals surface area contributed by atoms with Gasteiger partial charge in [0.15, 0.2) is 0 Å². The van der Waals surface area contributed by atoms with Gasteiger partial charge in [-0.25, -0.2) is 0 Å². The summed E-state index contributed by atoms with van der Waals surface area (Å²) >= 11 is 0. The van der Waals surface area contributed by atoms with E-state index < -0.39 is 5.54 Å². The molecule has 5 nitrogen and oxygen atoms in total. The van der Waals surface area contributed by atoms with Crippen LogP contribution in [0.3, 0.4) is 0 Å². The van der Waals surface area contributed by atoms with Crippen LogP contribution in [0, 0.1) is 6.92 Å². The average Bonchev–Trinajstić information content (AvgIpc) is 2.89. The van der Waals surface area contributed by atoms with Gasteiger partial charge in [-0.3, -0.25) is 9.89 Å². The molecule has 0 saturated carbocycles. The van der Waals surface area contributed by atoms with Crippen molar-refractivity contribution in [3.05, 3.63) is 53.3 Å². The summed E-state index contributed by atoms with van der Waals surface area (Å²) in [6.45, 7) is 4.33. The third-order valence-corrected chi connectivity index (χ3v) is 3.69. The molecule has 1 aromatic heterocycles. The van der Waals surface area contributed by atoms with Crippen LogP contribution in [0.2, 0.25) is 0 Å². The molecule has 2 aromatic rings. The van der Waals surface area contributed by atoms with Crippen LogP contribution in [0.5, 0.6) is 0 Å². The summed E-state index contributed by atoms with van der Waals surface area (Å²) in [4.78, 5) is 12.2. The second kappa shape index (κ2) is 6.54. The van der Waals surface area contributed by atoms with E-state index in [1.165, 1.54) is 5.56 Å². The minimum Gasteiger partial charge on any atom is -0.354 e. The molecule has 2 rings (SSSR count). The van der Waals surface area contributed by atoms with E-state index in [0.717, 1.165) is 24.1 Å². The van der Waals surface area contributed by atoms with Gasteiger partial charge < -0.3 is 11.1 Å². The quantitative estimate of drug-likeness (QED) is 0.706. The van der Waals surface area contributed by atoms with Crippen molar-refractivity contribution >= 4 is 5.91 Å². The van der Waals surface area contributed by atoms with Crippen molar-refractivity contribution in [2.45, 2.75) is 32.2 Å². The number of aromatic amines is 1. The molecule has 4 N–H and O–H groups in total. The molecule has 0 bridgehead atoms. The van der Waals surface area contributed by atoms with Gasteiger partial charge in [0.1, 0.15) is 5.54 Å². The standard InChI is InChI=1S/C16H22N4O/c1-12-13(11-19-20-12)7-6-10-18-15(21)16(2,17)14-8-4-3-5-9-14/h3-5,8-9,11H,6-7,10,17H2,1-2H3,(H,18,21)(H,19,20). The van der Waals surface area contributed by atoms with E-state index in [1.807, 2.05) is 43.5 Å². The minimum atomic E-state index is -1.01. The van der Waals surface area contributed by atoms with E-state index in [1.54, 1.807) is 6.92 Å². The monoisotopic (exact) mass is 286 g/mol. The van der Waals surface area contributed by atoms with E-state index in [9.17, 15) is 4.79 Å². The SMILES string of the molecule is Cc1[nH]ncc1CCCNC(=O)C(C)(N)c1ccccc1. The highest BCUT2D eigenvalue weighted by molar-refractivity contribution is 5.86. The van der Waals surface area contributed by atoms with Gasteiger partial charge in [0.05, 0.1) is 6.20 Å². The third-order valence-electron chi connectivity index (χ3n) is 3.69. The number of amides is 1. The number of H-pyrrole nitrogens is 1. The maximum Gasteiger partial charge on any atom is 0.244 e. The van der Waals surface area contributed by atoms with Crippen LogP contribution < -0.4 is 11.1 Å². The number of aryl methyl sites for hydroxylation is 2. The first-order valence-corrected chi connectivity index (χ1v) is 7.13. The summed E-state index contributed by atoms with van der Waals surface area (Å²) in [6.07, 6.45) is 3.57. The highest BCUT2D eigenvalue weighted by Gasteiger charge is 2.29. The number of benzene rings is 1. The molecule has 21 heavy (non-hydrogen) atoms. The average molecular weight is 286 g/mol. The number of aromatic nitrogens is 2. The molecule has 0 aliphatic carbocycles. The molecule has 5 heteroatoms. The van der Waals surface area contributed by atoms with Gasteiger partial charge in [-0.2, -0.15) is 5.10 Å². The lowest BCUT2D eigenvalue weighted by Gasteiger charge is -2.24. The first kappa shape index (κ1) is 15.3. The van der Waals surface area contributed by atoms with Crippen LogP contribution in [0.15, 0.2) is 36.5 Å². The van der Waals surface area contributed by atoms with Crippen LogP contribution in [0.25, 0.3) is 0 Å². The summed E-state index contributed by atoms with van der Waals surface area (Å²) in [5.41, 5.74) is 8.22. The molecule has 0 spiro atoms. The number of carbonyl (C=O) groups is 1. The summed E-state index contributed by atoms with van der Waals surface area (Å²) in [5.74, 6) is -0.155. The molecule has 0 saturated heterocycles. The van der Waals surface area contributed by atoms with E-state index >= 15 is 0 Å². The second-order valence-corrected chi connectivity index (χ2v) is 5.45. The van der Waals surface area contributed by atoms with Gasteiger partial charge in [0, 0.05) is 12.2 Å². The molecule has 0 radical (unpaired) electrons. The van der Waals surface area contributed by atoms with Gasteiger partial charge in [-0.05, 0) is 37.8 Å². The smallest absolute Gasteiger partial charge is 0.244 e. The van der Waals surface area contributed by atoms with Gasteiger partial charge >= 0.3 is 0 Å². The van der Waals surface area contributed by atoms with Crippen LogP contribution >= 0.6 is 0 Å². The second-order valence-electron chi connectivity index (χ2n) is 5.45. The van der Waals surface area contributed by atoms with Gasteiger partial charge in [-0.15, -0.1) is 0 Å². The van der Waals surface area contributed by atoms with Gasteiger partial charge in [-0.1, -0.05) is 30.3 Å². The van der Waals surface area contributed by atoms with E-state index in [2.05, 4.69) is 15.5 Å². The van der Waals surface area contributed by atoms with Crippen molar-refractivity contribution in [3.63, 3.8) is 0 Å². The van der Waals surface area contributed by atoms with Crippen LogP contribution in [-0.2, 0) is 16.8 Å². The number of hydrogen-bond acceptors (Lipinski definition) is 3. The van der Waals surface area contributed by atoms with Crippen molar-refractivity contribution in [2.24, 2.45) is 5.73 Å². The highest BCUT2D eigenvalue weighted by atomic mass is 16.2. The lowest BCUT2D eigenvalue weighted by atomic mass is 9.92. The Labute approximate surface area is 124 Å². The molecule has 1 amide bonds. The van der Waals surface area contributed by atoms with Crippen LogP contribution in [0.4, 0.5) is 0 Å². The Bertz CT molecular complexity index is 589. The third kappa shape index (κ3) is 3.70. The van der Waals surface area contributed by atoms with Gasteiger partial charge in [0.25, 0.3) is 0 Å². The van der Waals surface area contributed by atoms with Gasteiger partial charge in [0.2, 0.25) is 5.91 Å². The molecule has 0 fully saturated rings. The topological polar surface area (TPSA) is 83.8 Å². The number of rotatable bonds is 6. The summed E-state index contributed by atoms with van der Waals surface area (Å²) in [6, 6.07) is 9.42. The predicted octanol–water partition coefficient (Wildman–Crippen LogP) is 1.64. The molecule has 0 aliphatic rings. The largest absolute Gasteiger partial charge is 0.354 e. The fourth-order valence-electron chi connectivity index (χ4n) is 2.21. The number of nitrogens with one attached hydrogen (secondary N) is 2. The van der Waals surface area contributed by atoms with E-state index in [-0.39, 0.29) is 5.91 Å². The minimum absolute atomic E-state index is 0.155. The molecule has 0 aliphatic heterocycles. The van der Waals surface area contributed by atoms with Crippen molar-refractivity contribution in [3.8, 4) is 0 Å². The Kier molecular flexibility index (Phi) is 4.75. The maximum atomic E-state index is 12.2. The van der Waals surface area contributed by atoms with Crippen LogP contribution in [-0.4, -0.2) is 22.6 Å². The first-order valence-electron chi connectivity index (χ1n) is 7.13. The van der Waals surface area contributed by atoms with Crippen LogP contribution in [0.1, 0.15) is 30.2 Å². The van der Waals surface area contributed by atoms with Crippen molar-refractivity contribution in [2.75, 3.05) is 6.54 Å². The molecular formula is C16H22N4O. The zero-order chi connectivity index (χ0) is 15.3. The Morgan fingerprint density at radius 3 is 2.71 bits per heavy atom.